The van der Waals surface area contributed by atoms with Gasteiger partial charge < -0.3 is 10.3 Å². The molecule has 0 spiro atoms. The summed E-state index contributed by atoms with van der Waals surface area (Å²) < 4.78 is 5.33. The molecule has 0 saturated heterocycles. The molecule has 2 N–H and O–H groups in total. The van der Waals surface area contributed by atoms with Crippen molar-refractivity contribution in [1.29, 1.82) is 0 Å². The summed E-state index contributed by atoms with van der Waals surface area (Å²) >= 11 is 0. The molecule has 2 rings (SSSR count). The summed E-state index contributed by atoms with van der Waals surface area (Å²) in [6.45, 7) is 6.55. The van der Waals surface area contributed by atoms with E-state index in [0.29, 0.717) is 17.7 Å². The van der Waals surface area contributed by atoms with Crippen LogP contribution in [0.5, 0.6) is 0 Å². The zero-order valence-corrected chi connectivity index (χ0v) is 12.5. The minimum atomic E-state index is 0.342. The first kappa shape index (κ1) is 14.6. The summed E-state index contributed by atoms with van der Waals surface area (Å²) in [5.74, 6) is 2.53. The number of benzene rings is 1. The fourth-order valence-corrected chi connectivity index (χ4v) is 2.10. The molecular formula is C16H23N3O. The summed E-state index contributed by atoms with van der Waals surface area (Å²) in [5.41, 5.74) is 7.72. The van der Waals surface area contributed by atoms with Gasteiger partial charge in [0, 0.05) is 18.5 Å². The van der Waals surface area contributed by atoms with Gasteiger partial charge in [0.15, 0.2) is 5.82 Å². The minimum absolute atomic E-state index is 0.342. The van der Waals surface area contributed by atoms with Crippen LogP contribution in [0, 0.1) is 5.92 Å². The van der Waals surface area contributed by atoms with Gasteiger partial charge in [0.05, 0.1) is 0 Å². The van der Waals surface area contributed by atoms with Crippen molar-refractivity contribution in [3.63, 3.8) is 0 Å². The second-order valence-electron chi connectivity index (χ2n) is 5.81. The predicted molar refractivity (Wildman–Crippen MR) is 80.4 cm³/mol. The van der Waals surface area contributed by atoms with Crippen LogP contribution in [0.15, 0.2) is 28.8 Å². The lowest BCUT2D eigenvalue weighted by Crippen LogP contribution is -2.00. The van der Waals surface area contributed by atoms with Crippen molar-refractivity contribution in [3.05, 3.63) is 41.5 Å². The Morgan fingerprint density at radius 1 is 1.15 bits per heavy atom. The Labute approximate surface area is 120 Å². The standard InChI is InChI=1S/C16H23N3O/c1-11(2)4-9-15-18-16(20-19-15)10-12(3)13-5-7-14(17)8-6-13/h5-8,11-12H,4,9-10,17H2,1-3H3. The first-order valence-corrected chi connectivity index (χ1v) is 7.21. The van der Waals surface area contributed by atoms with E-state index in [-0.39, 0.29) is 0 Å². The van der Waals surface area contributed by atoms with Crippen LogP contribution in [0.3, 0.4) is 0 Å². The monoisotopic (exact) mass is 273 g/mol. The largest absolute Gasteiger partial charge is 0.399 e. The molecule has 0 aliphatic carbocycles. The molecular weight excluding hydrogens is 250 g/mol. The van der Waals surface area contributed by atoms with Crippen LogP contribution < -0.4 is 5.73 Å². The van der Waals surface area contributed by atoms with Gasteiger partial charge in [0.1, 0.15) is 0 Å². The van der Waals surface area contributed by atoms with Crippen LogP contribution in [-0.4, -0.2) is 10.1 Å². The maximum absolute atomic E-state index is 5.70. The number of hydrogen-bond acceptors (Lipinski definition) is 4. The summed E-state index contributed by atoms with van der Waals surface area (Å²) in [6, 6.07) is 7.95. The van der Waals surface area contributed by atoms with Crippen molar-refractivity contribution in [2.45, 2.75) is 46.0 Å². The Hall–Kier alpha value is -1.84. The molecule has 1 unspecified atom stereocenters. The first-order valence-electron chi connectivity index (χ1n) is 7.21. The van der Waals surface area contributed by atoms with Crippen molar-refractivity contribution < 1.29 is 4.52 Å². The molecule has 4 heteroatoms. The topological polar surface area (TPSA) is 64.9 Å². The Morgan fingerprint density at radius 3 is 2.50 bits per heavy atom. The highest BCUT2D eigenvalue weighted by molar-refractivity contribution is 5.40. The fourth-order valence-electron chi connectivity index (χ4n) is 2.10. The van der Waals surface area contributed by atoms with Crippen molar-refractivity contribution in [2.24, 2.45) is 5.92 Å². The zero-order chi connectivity index (χ0) is 14.5. The average Bonchev–Trinajstić information content (AvgIpc) is 2.84. The van der Waals surface area contributed by atoms with Crippen molar-refractivity contribution >= 4 is 5.69 Å². The molecule has 108 valence electrons. The number of nitrogens with two attached hydrogens (primary N) is 1. The number of rotatable bonds is 6. The Balaban J connectivity index is 1.94. The van der Waals surface area contributed by atoms with E-state index in [2.05, 4.69) is 43.0 Å². The lowest BCUT2D eigenvalue weighted by atomic mass is 9.97. The van der Waals surface area contributed by atoms with E-state index >= 15 is 0 Å². The number of nitrogen functional groups attached to an aromatic ring is 1. The van der Waals surface area contributed by atoms with E-state index < -0.39 is 0 Å². The van der Waals surface area contributed by atoms with Gasteiger partial charge in [0.2, 0.25) is 5.89 Å². The second-order valence-corrected chi connectivity index (χ2v) is 5.81. The Kier molecular flexibility index (Phi) is 4.77. The maximum atomic E-state index is 5.70. The van der Waals surface area contributed by atoms with E-state index in [1.807, 2.05) is 12.1 Å². The molecule has 0 radical (unpaired) electrons. The summed E-state index contributed by atoms with van der Waals surface area (Å²) in [4.78, 5) is 4.46. The Bertz CT molecular complexity index is 531. The molecule has 1 aromatic heterocycles. The molecule has 2 aromatic rings. The maximum Gasteiger partial charge on any atom is 0.227 e. The van der Waals surface area contributed by atoms with Crippen LogP contribution in [0.2, 0.25) is 0 Å². The van der Waals surface area contributed by atoms with Crippen LogP contribution in [-0.2, 0) is 12.8 Å². The number of aryl methyl sites for hydroxylation is 1. The SMILES string of the molecule is CC(C)CCc1noc(CC(C)c2ccc(N)cc2)n1. The smallest absolute Gasteiger partial charge is 0.227 e. The normalized spacial score (nSPS) is 12.8. The molecule has 0 saturated carbocycles. The fraction of sp³-hybridized carbons (Fsp3) is 0.500. The van der Waals surface area contributed by atoms with E-state index in [4.69, 9.17) is 10.3 Å². The van der Waals surface area contributed by atoms with E-state index in [0.717, 1.165) is 30.8 Å². The van der Waals surface area contributed by atoms with Gasteiger partial charge in [-0.3, -0.25) is 0 Å². The Morgan fingerprint density at radius 2 is 1.85 bits per heavy atom. The third-order valence-corrected chi connectivity index (χ3v) is 3.44. The summed E-state index contributed by atoms with van der Waals surface area (Å²) in [5, 5.41) is 4.04. The minimum Gasteiger partial charge on any atom is -0.399 e. The lowest BCUT2D eigenvalue weighted by Gasteiger charge is -2.09. The van der Waals surface area contributed by atoms with Crippen molar-refractivity contribution in [3.8, 4) is 0 Å². The molecule has 4 nitrogen and oxygen atoms in total. The van der Waals surface area contributed by atoms with Crippen LogP contribution >= 0.6 is 0 Å². The number of hydrogen-bond donors (Lipinski definition) is 1. The molecule has 0 amide bonds. The van der Waals surface area contributed by atoms with Gasteiger partial charge in [-0.05, 0) is 36.0 Å². The van der Waals surface area contributed by atoms with Crippen molar-refractivity contribution in [2.75, 3.05) is 5.73 Å². The zero-order valence-electron chi connectivity index (χ0n) is 12.5. The average molecular weight is 273 g/mol. The van der Waals surface area contributed by atoms with Crippen molar-refractivity contribution in [1.82, 2.24) is 10.1 Å². The van der Waals surface area contributed by atoms with E-state index in [1.165, 1.54) is 5.56 Å². The molecule has 0 bridgehead atoms. The van der Waals surface area contributed by atoms with Gasteiger partial charge >= 0.3 is 0 Å². The summed E-state index contributed by atoms with van der Waals surface area (Å²) in [7, 11) is 0. The van der Waals surface area contributed by atoms with Gasteiger partial charge in [-0.1, -0.05) is 38.1 Å². The molecule has 1 aromatic carbocycles. The molecule has 0 aliphatic heterocycles. The highest BCUT2D eigenvalue weighted by Crippen LogP contribution is 2.21. The highest BCUT2D eigenvalue weighted by Gasteiger charge is 2.12. The van der Waals surface area contributed by atoms with E-state index in [1.54, 1.807) is 0 Å². The van der Waals surface area contributed by atoms with Crippen LogP contribution in [0.4, 0.5) is 5.69 Å². The molecule has 0 aliphatic rings. The van der Waals surface area contributed by atoms with Gasteiger partial charge in [0.25, 0.3) is 0 Å². The van der Waals surface area contributed by atoms with Gasteiger partial charge in [-0.25, -0.2) is 0 Å². The number of anilines is 1. The quantitative estimate of drug-likeness (QED) is 0.817. The molecule has 20 heavy (non-hydrogen) atoms. The second kappa shape index (κ2) is 6.55. The predicted octanol–water partition coefficient (Wildman–Crippen LogP) is 3.59. The summed E-state index contributed by atoms with van der Waals surface area (Å²) in [6.07, 6.45) is 2.74. The highest BCUT2D eigenvalue weighted by atomic mass is 16.5. The van der Waals surface area contributed by atoms with Crippen LogP contribution in [0.1, 0.15) is 50.4 Å². The van der Waals surface area contributed by atoms with Gasteiger partial charge in [-0.15, -0.1) is 0 Å². The molecule has 1 atom stereocenters. The molecule has 0 fully saturated rings. The first-order chi connectivity index (χ1) is 9.54. The van der Waals surface area contributed by atoms with E-state index in [9.17, 15) is 0 Å². The molecule has 1 heterocycles. The third kappa shape index (κ3) is 4.08. The third-order valence-electron chi connectivity index (χ3n) is 3.44. The lowest BCUT2D eigenvalue weighted by molar-refractivity contribution is 0.365. The van der Waals surface area contributed by atoms with Gasteiger partial charge in [-0.2, -0.15) is 4.98 Å². The van der Waals surface area contributed by atoms with Crippen LogP contribution in [0.25, 0.3) is 0 Å². The number of aromatic nitrogens is 2. The number of nitrogens with zero attached hydrogens (tertiary/aromatic N) is 2.